The highest BCUT2D eigenvalue weighted by Crippen LogP contribution is 2.34. The molecular weight excluding hydrogens is 405 g/mol. The second kappa shape index (κ2) is 9.45. The predicted octanol–water partition coefficient (Wildman–Crippen LogP) is 5.76. The monoisotopic (exact) mass is 431 g/mol. The average Bonchev–Trinajstić information content (AvgIpc) is 2.77. The molecule has 0 spiro atoms. The van der Waals surface area contributed by atoms with Crippen molar-refractivity contribution in [1.29, 1.82) is 0 Å². The number of aliphatic hydroxyl groups is 1. The Hall–Kier alpha value is -3.31. The maximum absolute atomic E-state index is 13.6. The van der Waals surface area contributed by atoms with Crippen LogP contribution < -0.4 is 0 Å². The van der Waals surface area contributed by atoms with E-state index in [4.69, 9.17) is 9.72 Å². The van der Waals surface area contributed by atoms with E-state index in [-0.39, 0.29) is 18.2 Å². The summed E-state index contributed by atoms with van der Waals surface area (Å²) < 4.78 is 19.0. The zero-order valence-corrected chi connectivity index (χ0v) is 18.2. The van der Waals surface area contributed by atoms with E-state index in [0.717, 1.165) is 33.6 Å². The Kier molecular flexibility index (Phi) is 6.47. The van der Waals surface area contributed by atoms with Crippen molar-refractivity contribution < 1.29 is 19.0 Å². The van der Waals surface area contributed by atoms with Gasteiger partial charge in [0.2, 0.25) is 0 Å². The molecule has 1 saturated heterocycles. The zero-order chi connectivity index (χ0) is 22.7. The first-order valence-corrected chi connectivity index (χ1v) is 10.8. The fourth-order valence-electron chi connectivity index (χ4n) is 3.95. The van der Waals surface area contributed by atoms with Crippen LogP contribution in [0.1, 0.15) is 43.9 Å². The third kappa shape index (κ3) is 4.94. The first-order chi connectivity index (χ1) is 15.4. The molecule has 0 saturated carbocycles. The lowest BCUT2D eigenvalue weighted by Crippen LogP contribution is -2.31. The molecule has 1 aliphatic heterocycles. The van der Waals surface area contributed by atoms with Crippen LogP contribution >= 0.6 is 0 Å². The lowest BCUT2D eigenvalue weighted by molar-refractivity contribution is -0.156. The molecule has 1 aromatic heterocycles. The van der Waals surface area contributed by atoms with Crippen LogP contribution in [0.4, 0.5) is 4.39 Å². The Morgan fingerprint density at radius 1 is 1.09 bits per heavy atom. The maximum Gasteiger partial charge on any atom is 0.309 e. The molecule has 0 amide bonds. The Morgan fingerprint density at radius 2 is 1.81 bits per heavy atom. The van der Waals surface area contributed by atoms with Crippen molar-refractivity contribution >= 4 is 12.0 Å². The number of nitrogens with zero attached hydrogens (tertiary/aromatic N) is 1. The highest BCUT2D eigenvalue weighted by atomic mass is 19.1. The number of ether oxygens (including phenoxy) is 1. The van der Waals surface area contributed by atoms with Gasteiger partial charge in [-0.25, -0.2) is 4.39 Å². The van der Waals surface area contributed by atoms with E-state index in [1.165, 1.54) is 12.1 Å². The third-order valence-electron chi connectivity index (χ3n) is 5.53. The number of esters is 1. The van der Waals surface area contributed by atoms with Gasteiger partial charge in [0.1, 0.15) is 11.9 Å². The van der Waals surface area contributed by atoms with Crippen LogP contribution in [0, 0.1) is 5.82 Å². The average molecular weight is 432 g/mol. The molecule has 1 fully saturated rings. The summed E-state index contributed by atoms with van der Waals surface area (Å²) in [6.45, 7) is 4.15. The van der Waals surface area contributed by atoms with Crippen molar-refractivity contribution in [1.82, 2.24) is 4.98 Å². The molecule has 4 rings (SSSR count). The van der Waals surface area contributed by atoms with Gasteiger partial charge >= 0.3 is 5.97 Å². The minimum absolute atomic E-state index is 0.0236. The summed E-state index contributed by atoms with van der Waals surface area (Å²) in [5, 5.41) is 9.93. The van der Waals surface area contributed by atoms with Crippen molar-refractivity contribution in [3.8, 4) is 22.4 Å². The van der Waals surface area contributed by atoms with Crippen LogP contribution in [-0.4, -0.2) is 28.3 Å². The van der Waals surface area contributed by atoms with Gasteiger partial charge in [0.25, 0.3) is 0 Å². The van der Waals surface area contributed by atoms with E-state index in [1.54, 1.807) is 18.2 Å². The summed E-state index contributed by atoms with van der Waals surface area (Å²) in [5.41, 5.74) is 5.41. The summed E-state index contributed by atoms with van der Waals surface area (Å²) in [7, 11) is 0. The summed E-state index contributed by atoms with van der Waals surface area (Å²) in [6, 6.07) is 18.3. The fourth-order valence-corrected chi connectivity index (χ4v) is 3.95. The Balaban J connectivity index is 1.85. The van der Waals surface area contributed by atoms with Crippen LogP contribution in [-0.2, 0) is 9.53 Å². The number of carbonyl (C=O) groups excluding carboxylic acids is 1. The minimum atomic E-state index is -0.703. The lowest BCUT2D eigenvalue weighted by Gasteiger charge is -2.24. The molecule has 0 radical (unpaired) electrons. The number of rotatable bonds is 5. The first kappa shape index (κ1) is 21.9. The number of benzene rings is 2. The van der Waals surface area contributed by atoms with E-state index < -0.39 is 18.2 Å². The predicted molar refractivity (Wildman–Crippen MR) is 123 cm³/mol. The Labute approximate surface area is 187 Å². The van der Waals surface area contributed by atoms with E-state index in [2.05, 4.69) is 13.8 Å². The standard InChI is InChI=1S/C27H26FNO3/c1-17(2)27-23(13-12-22-14-21(30)15-26(31)32-22)24(18-8-10-20(28)11-9-18)16-25(29-27)19-6-4-3-5-7-19/h3-13,16-17,21-22,30H,14-15H2,1-2H3/b13-12+. The number of aliphatic hydroxyl groups excluding tert-OH is 1. The molecule has 1 aliphatic rings. The fraction of sp³-hybridized carbons (Fsp3) is 0.259. The third-order valence-corrected chi connectivity index (χ3v) is 5.53. The highest BCUT2D eigenvalue weighted by Gasteiger charge is 2.25. The molecule has 2 atom stereocenters. The Bertz CT molecular complexity index is 1120. The van der Waals surface area contributed by atoms with Gasteiger partial charge in [-0.15, -0.1) is 0 Å². The van der Waals surface area contributed by atoms with Crippen LogP contribution in [0.3, 0.4) is 0 Å². The minimum Gasteiger partial charge on any atom is -0.458 e. The first-order valence-electron chi connectivity index (χ1n) is 10.8. The molecule has 32 heavy (non-hydrogen) atoms. The lowest BCUT2D eigenvalue weighted by atomic mass is 9.91. The van der Waals surface area contributed by atoms with Crippen LogP contribution in [0.15, 0.2) is 66.7 Å². The molecular formula is C27H26FNO3. The molecule has 2 aromatic carbocycles. The van der Waals surface area contributed by atoms with Crippen molar-refractivity contribution in [3.05, 3.63) is 83.8 Å². The van der Waals surface area contributed by atoms with Crippen molar-refractivity contribution in [2.24, 2.45) is 0 Å². The Morgan fingerprint density at radius 3 is 2.47 bits per heavy atom. The van der Waals surface area contributed by atoms with E-state index >= 15 is 0 Å². The molecule has 2 unspecified atom stereocenters. The quantitative estimate of drug-likeness (QED) is 0.522. The molecule has 4 nitrogen and oxygen atoms in total. The molecule has 2 heterocycles. The second-order valence-electron chi connectivity index (χ2n) is 8.36. The molecule has 3 aromatic rings. The molecule has 5 heteroatoms. The summed E-state index contributed by atoms with van der Waals surface area (Å²) in [6.07, 6.45) is 2.90. The van der Waals surface area contributed by atoms with Crippen LogP contribution in [0.2, 0.25) is 0 Å². The zero-order valence-electron chi connectivity index (χ0n) is 18.2. The van der Waals surface area contributed by atoms with E-state index in [1.807, 2.05) is 42.5 Å². The highest BCUT2D eigenvalue weighted by molar-refractivity contribution is 5.81. The number of pyridine rings is 1. The summed E-state index contributed by atoms with van der Waals surface area (Å²) in [4.78, 5) is 16.7. The van der Waals surface area contributed by atoms with Gasteiger partial charge in [0, 0.05) is 17.5 Å². The smallest absolute Gasteiger partial charge is 0.309 e. The second-order valence-corrected chi connectivity index (χ2v) is 8.36. The van der Waals surface area contributed by atoms with E-state index in [0.29, 0.717) is 6.42 Å². The summed E-state index contributed by atoms with van der Waals surface area (Å²) in [5.74, 6) is -0.578. The van der Waals surface area contributed by atoms with Crippen LogP contribution in [0.5, 0.6) is 0 Å². The molecule has 164 valence electrons. The number of aromatic nitrogens is 1. The largest absolute Gasteiger partial charge is 0.458 e. The summed E-state index contributed by atoms with van der Waals surface area (Å²) >= 11 is 0. The number of carbonyl (C=O) groups is 1. The van der Waals surface area contributed by atoms with Gasteiger partial charge in [-0.2, -0.15) is 0 Å². The van der Waals surface area contributed by atoms with Gasteiger partial charge in [0.15, 0.2) is 0 Å². The SMILES string of the molecule is CC(C)c1nc(-c2ccccc2)cc(-c2ccc(F)cc2)c1/C=C/C1CC(O)CC(=O)O1. The van der Waals surface area contributed by atoms with Crippen molar-refractivity contribution in [3.63, 3.8) is 0 Å². The van der Waals surface area contributed by atoms with Gasteiger partial charge in [0.05, 0.1) is 23.9 Å². The molecule has 0 bridgehead atoms. The number of hydrogen-bond donors (Lipinski definition) is 1. The topological polar surface area (TPSA) is 59.4 Å². The maximum atomic E-state index is 13.6. The van der Waals surface area contributed by atoms with Crippen molar-refractivity contribution in [2.45, 2.75) is 44.8 Å². The molecule has 1 N–H and O–H groups in total. The van der Waals surface area contributed by atoms with Gasteiger partial charge < -0.3 is 9.84 Å². The number of halogens is 1. The van der Waals surface area contributed by atoms with Crippen molar-refractivity contribution in [2.75, 3.05) is 0 Å². The van der Waals surface area contributed by atoms with E-state index in [9.17, 15) is 14.3 Å². The van der Waals surface area contributed by atoms with Crippen LogP contribution in [0.25, 0.3) is 28.5 Å². The number of hydrogen-bond acceptors (Lipinski definition) is 4. The normalized spacial score (nSPS) is 18.8. The van der Waals surface area contributed by atoms with Gasteiger partial charge in [-0.3, -0.25) is 9.78 Å². The number of cyclic esters (lactones) is 1. The molecule has 0 aliphatic carbocycles. The van der Waals surface area contributed by atoms with Gasteiger partial charge in [-0.1, -0.05) is 62.4 Å². The van der Waals surface area contributed by atoms with Gasteiger partial charge in [-0.05, 0) is 41.3 Å².